The van der Waals surface area contributed by atoms with Crippen LogP contribution in [-0.4, -0.2) is 37.7 Å². The van der Waals surface area contributed by atoms with E-state index in [1.54, 1.807) is 46.7 Å². The molecule has 0 spiro atoms. The molecule has 26 heavy (non-hydrogen) atoms. The first kappa shape index (κ1) is 17.1. The van der Waals surface area contributed by atoms with Gasteiger partial charge in [0.05, 0.1) is 16.7 Å². The van der Waals surface area contributed by atoms with Crippen LogP contribution < -0.4 is 5.32 Å². The molecule has 1 aromatic carbocycles. The van der Waals surface area contributed by atoms with E-state index in [4.69, 9.17) is 0 Å². The highest BCUT2D eigenvalue weighted by atomic mass is 32.2. The van der Waals surface area contributed by atoms with Crippen LogP contribution in [-0.2, 0) is 4.79 Å². The molecule has 0 bridgehead atoms. The van der Waals surface area contributed by atoms with E-state index in [0.717, 1.165) is 16.8 Å². The second kappa shape index (κ2) is 7.13. The number of thioether (sulfide) groups is 2. The summed E-state index contributed by atoms with van der Waals surface area (Å²) in [7, 11) is 0. The molecule has 0 saturated heterocycles. The van der Waals surface area contributed by atoms with Crippen molar-refractivity contribution >= 4 is 35.2 Å². The average Bonchev–Trinajstić information content (AvgIpc) is 2.88. The molecule has 1 aliphatic rings. The predicted octanol–water partition coefficient (Wildman–Crippen LogP) is 3.47. The normalized spacial score (nSPS) is 16.7. The highest BCUT2D eigenvalue weighted by Gasteiger charge is 2.31. The van der Waals surface area contributed by atoms with Gasteiger partial charge in [-0.15, -0.1) is 23.5 Å². The molecule has 132 valence electrons. The lowest BCUT2D eigenvalue weighted by molar-refractivity contribution is -0.113. The van der Waals surface area contributed by atoms with Gasteiger partial charge in [-0.3, -0.25) is 4.79 Å². The summed E-state index contributed by atoms with van der Waals surface area (Å²) >= 11 is 3.32. The van der Waals surface area contributed by atoms with E-state index < -0.39 is 0 Å². The summed E-state index contributed by atoms with van der Waals surface area (Å²) in [6.07, 6.45) is 5.39. The first-order valence-electron chi connectivity index (χ1n) is 8.09. The van der Waals surface area contributed by atoms with Gasteiger partial charge in [0, 0.05) is 22.9 Å². The number of anilines is 1. The molecule has 1 atom stereocenters. The van der Waals surface area contributed by atoms with E-state index in [9.17, 15) is 4.79 Å². The Morgan fingerprint density at radius 3 is 2.65 bits per heavy atom. The van der Waals surface area contributed by atoms with Crippen LogP contribution >= 0.6 is 23.5 Å². The van der Waals surface area contributed by atoms with Gasteiger partial charge in [0.25, 0.3) is 5.95 Å². The number of nitrogens with zero attached hydrogens (tertiary/aromatic N) is 4. The van der Waals surface area contributed by atoms with Crippen molar-refractivity contribution in [3.8, 4) is 5.95 Å². The van der Waals surface area contributed by atoms with Crippen LogP contribution in [0, 0.1) is 6.92 Å². The highest BCUT2D eigenvalue weighted by Crippen LogP contribution is 2.43. The van der Waals surface area contributed by atoms with E-state index in [0.29, 0.717) is 17.5 Å². The Bertz CT molecular complexity index is 940. The summed E-state index contributed by atoms with van der Waals surface area (Å²) in [5.41, 5.74) is 3.02. The third-order valence-electron chi connectivity index (χ3n) is 4.17. The van der Waals surface area contributed by atoms with Crippen molar-refractivity contribution in [3.05, 3.63) is 59.5 Å². The zero-order chi connectivity index (χ0) is 18.1. The van der Waals surface area contributed by atoms with Crippen molar-refractivity contribution in [3.63, 3.8) is 0 Å². The Morgan fingerprint density at radius 2 is 1.96 bits per heavy atom. The van der Waals surface area contributed by atoms with Crippen LogP contribution in [0.15, 0.2) is 47.6 Å². The number of aromatic nitrogens is 4. The molecule has 6 nitrogen and oxygen atoms in total. The van der Waals surface area contributed by atoms with E-state index in [-0.39, 0.29) is 11.2 Å². The van der Waals surface area contributed by atoms with Crippen LogP contribution in [0.5, 0.6) is 0 Å². The average molecular weight is 384 g/mol. The number of nitrogens with one attached hydrogen (secondary N) is 1. The number of rotatable bonds is 3. The molecule has 0 fully saturated rings. The maximum Gasteiger partial charge on any atom is 0.252 e. The summed E-state index contributed by atoms with van der Waals surface area (Å²) in [6.45, 7) is 1.96. The first-order chi connectivity index (χ1) is 12.7. The molecule has 0 radical (unpaired) electrons. The van der Waals surface area contributed by atoms with Crippen LogP contribution in [0.3, 0.4) is 0 Å². The van der Waals surface area contributed by atoms with E-state index in [2.05, 4.69) is 50.9 Å². The van der Waals surface area contributed by atoms with E-state index >= 15 is 0 Å². The largest absolute Gasteiger partial charge is 0.309 e. The SMILES string of the molecule is CSc1ccc(C2SCC(=O)Nc3c2c(C)nn3-c2ncccn2)cc1. The molecule has 1 aliphatic heterocycles. The van der Waals surface area contributed by atoms with Crippen LogP contribution in [0.2, 0.25) is 0 Å². The summed E-state index contributed by atoms with van der Waals surface area (Å²) in [5, 5.41) is 7.62. The van der Waals surface area contributed by atoms with Gasteiger partial charge in [-0.1, -0.05) is 12.1 Å². The number of hydrogen-bond donors (Lipinski definition) is 1. The van der Waals surface area contributed by atoms with Crippen molar-refractivity contribution in [2.75, 3.05) is 17.3 Å². The van der Waals surface area contributed by atoms with Gasteiger partial charge in [-0.25, -0.2) is 9.97 Å². The number of carbonyl (C=O) groups excluding carboxylic acids is 1. The Balaban J connectivity index is 1.85. The Hall–Kier alpha value is -2.32. The van der Waals surface area contributed by atoms with Crippen molar-refractivity contribution < 1.29 is 4.79 Å². The lowest BCUT2D eigenvalue weighted by atomic mass is 10.0. The highest BCUT2D eigenvalue weighted by molar-refractivity contribution is 8.00. The minimum Gasteiger partial charge on any atom is -0.309 e. The minimum atomic E-state index is -0.0448. The van der Waals surface area contributed by atoms with Crippen LogP contribution in [0.4, 0.5) is 5.82 Å². The van der Waals surface area contributed by atoms with Gasteiger partial charge in [0.2, 0.25) is 5.91 Å². The molecule has 0 aliphatic carbocycles. The second-order valence-electron chi connectivity index (χ2n) is 5.82. The lowest BCUT2D eigenvalue weighted by Gasteiger charge is -2.15. The maximum atomic E-state index is 12.3. The zero-order valence-electron chi connectivity index (χ0n) is 14.3. The molecule has 1 amide bonds. The van der Waals surface area contributed by atoms with Crippen molar-refractivity contribution in [1.29, 1.82) is 0 Å². The molecule has 3 aromatic rings. The fourth-order valence-corrected chi connectivity index (χ4v) is 4.57. The number of benzene rings is 1. The number of aryl methyl sites for hydroxylation is 1. The second-order valence-corrected chi connectivity index (χ2v) is 7.79. The Kier molecular flexibility index (Phi) is 4.69. The van der Waals surface area contributed by atoms with Gasteiger partial charge in [-0.2, -0.15) is 9.78 Å². The molecule has 1 N–H and O–H groups in total. The molecule has 4 rings (SSSR count). The van der Waals surface area contributed by atoms with Gasteiger partial charge < -0.3 is 5.32 Å². The summed E-state index contributed by atoms with van der Waals surface area (Å²) < 4.78 is 1.62. The van der Waals surface area contributed by atoms with Crippen molar-refractivity contribution in [1.82, 2.24) is 19.7 Å². The topological polar surface area (TPSA) is 72.7 Å². The smallest absolute Gasteiger partial charge is 0.252 e. The zero-order valence-corrected chi connectivity index (χ0v) is 16.0. The maximum absolute atomic E-state index is 12.3. The number of hydrogen-bond acceptors (Lipinski definition) is 6. The van der Waals surface area contributed by atoms with Gasteiger partial charge >= 0.3 is 0 Å². The molecule has 8 heteroatoms. The number of fused-ring (bicyclic) bond motifs is 1. The number of carbonyl (C=O) groups is 1. The van der Waals surface area contributed by atoms with Gasteiger partial charge in [0.1, 0.15) is 5.82 Å². The standard InChI is InChI=1S/C18H17N5OS2/c1-11-15-16(12-4-6-13(25-2)7-5-12)26-10-14(24)21-17(15)23(22-11)18-19-8-3-9-20-18/h3-9,16H,10H2,1-2H3,(H,21,24). The van der Waals surface area contributed by atoms with Crippen molar-refractivity contribution in [2.45, 2.75) is 17.1 Å². The van der Waals surface area contributed by atoms with E-state index in [1.807, 2.05) is 6.92 Å². The fourth-order valence-electron chi connectivity index (χ4n) is 2.97. The summed E-state index contributed by atoms with van der Waals surface area (Å²) in [5.74, 6) is 1.44. The first-order valence-corrected chi connectivity index (χ1v) is 10.4. The Labute approximate surface area is 159 Å². The molecule has 0 saturated carbocycles. The summed E-state index contributed by atoms with van der Waals surface area (Å²) in [6, 6.07) is 10.2. The molecular formula is C18H17N5OS2. The van der Waals surface area contributed by atoms with Crippen molar-refractivity contribution in [2.24, 2.45) is 0 Å². The molecule has 2 aromatic heterocycles. The molecular weight excluding hydrogens is 366 g/mol. The lowest BCUT2D eigenvalue weighted by Crippen LogP contribution is -2.16. The van der Waals surface area contributed by atoms with Crippen LogP contribution in [0.25, 0.3) is 5.95 Å². The van der Waals surface area contributed by atoms with Gasteiger partial charge in [-0.05, 0) is 36.9 Å². The minimum absolute atomic E-state index is 0.0253. The predicted molar refractivity (Wildman–Crippen MR) is 105 cm³/mol. The molecule has 1 unspecified atom stereocenters. The quantitative estimate of drug-likeness (QED) is 0.698. The third kappa shape index (κ3) is 3.10. The van der Waals surface area contributed by atoms with E-state index in [1.165, 1.54) is 4.90 Å². The number of amides is 1. The van der Waals surface area contributed by atoms with Crippen LogP contribution in [0.1, 0.15) is 22.1 Å². The fraction of sp³-hybridized carbons (Fsp3) is 0.222. The summed E-state index contributed by atoms with van der Waals surface area (Å²) in [4.78, 5) is 22.1. The van der Waals surface area contributed by atoms with Gasteiger partial charge in [0.15, 0.2) is 0 Å². The third-order valence-corrected chi connectivity index (χ3v) is 6.18. The Morgan fingerprint density at radius 1 is 1.23 bits per heavy atom. The monoisotopic (exact) mass is 383 g/mol. The molecule has 3 heterocycles.